The fourth-order valence-corrected chi connectivity index (χ4v) is 3.54. The molecule has 0 spiro atoms. The summed E-state index contributed by atoms with van der Waals surface area (Å²) in [7, 11) is 1.91. The van der Waals surface area contributed by atoms with Crippen molar-refractivity contribution in [2.75, 3.05) is 39.8 Å². The molecule has 4 heteroatoms. The van der Waals surface area contributed by atoms with Crippen molar-refractivity contribution in [2.45, 2.75) is 53.0 Å². The minimum atomic E-state index is 0.177. The van der Waals surface area contributed by atoms with Crippen molar-refractivity contribution >= 4 is 5.96 Å². The van der Waals surface area contributed by atoms with Crippen molar-refractivity contribution in [3.05, 3.63) is 0 Å². The maximum Gasteiger partial charge on any atom is 0.194 e. The van der Waals surface area contributed by atoms with Crippen LogP contribution < -0.4 is 5.32 Å². The number of hydrogen-bond acceptors (Lipinski definition) is 2. The third kappa shape index (κ3) is 3.20. The molecule has 0 aliphatic carbocycles. The molecule has 1 atom stereocenters. The van der Waals surface area contributed by atoms with Crippen LogP contribution in [0.2, 0.25) is 0 Å². The highest BCUT2D eigenvalue weighted by Gasteiger charge is 2.53. The van der Waals surface area contributed by atoms with Gasteiger partial charge in [0.2, 0.25) is 0 Å². The molecule has 2 aliphatic heterocycles. The van der Waals surface area contributed by atoms with E-state index in [1.54, 1.807) is 0 Å². The number of aliphatic imine (C=N–C) groups is 1. The van der Waals surface area contributed by atoms with E-state index >= 15 is 0 Å². The Labute approximate surface area is 131 Å². The summed E-state index contributed by atoms with van der Waals surface area (Å²) >= 11 is 0. The van der Waals surface area contributed by atoms with Crippen molar-refractivity contribution in [1.29, 1.82) is 0 Å². The van der Waals surface area contributed by atoms with Gasteiger partial charge in [0.15, 0.2) is 5.96 Å². The van der Waals surface area contributed by atoms with Crippen molar-refractivity contribution in [3.63, 3.8) is 0 Å². The summed E-state index contributed by atoms with van der Waals surface area (Å²) in [5.74, 6) is 1.83. The predicted molar refractivity (Wildman–Crippen MR) is 90.8 cm³/mol. The SMILES string of the molecule is CCN1CCCC(CNC(=NC)N2CC(C)(C)C2(C)C)C1. The molecule has 122 valence electrons. The monoisotopic (exact) mass is 294 g/mol. The van der Waals surface area contributed by atoms with E-state index in [0.29, 0.717) is 5.41 Å². The Bertz CT molecular complexity index is 386. The first-order valence-corrected chi connectivity index (χ1v) is 8.52. The van der Waals surface area contributed by atoms with Crippen LogP contribution >= 0.6 is 0 Å². The van der Waals surface area contributed by atoms with Crippen LogP contribution in [0.5, 0.6) is 0 Å². The van der Waals surface area contributed by atoms with Crippen LogP contribution in [0.4, 0.5) is 0 Å². The minimum Gasteiger partial charge on any atom is -0.356 e. The fraction of sp³-hybridized carbons (Fsp3) is 0.941. The van der Waals surface area contributed by atoms with E-state index in [4.69, 9.17) is 0 Å². The summed E-state index contributed by atoms with van der Waals surface area (Å²) in [5.41, 5.74) is 0.533. The molecule has 0 amide bonds. The van der Waals surface area contributed by atoms with Crippen molar-refractivity contribution in [1.82, 2.24) is 15.1 Å². The molecule has 21 heavy (non-hydrogen) atoms. The first-order chi connectivity index (χ1) is 9.81. The molecule has 1 unspecified atom stereocenters. The van der Waals surface area contributed by atoms with Gasteiger partial charge in [-0.15, -0.1) is 0 Å². The summed E-state index contributed by atoms with van der Waals surface area (Å²) in [6, 6.07) is 0. The zero-order valence-corrected chi connectivity index (χ0v) is 14.9. The molecule has 0 aromatic heterocycles. The Morgan fingerprint density at radius 3 is 2.52 bits per heavy atom. The second-order valence-corrected chi connectivity index (χ2v) is 7.86. The normalized spacial score (nSPS) is 29.1. The Morgan fingerprint density at radius 2 is 2.00 bits per heavy atom. The summed E-state index contributed by atoms with van der Waals surface area (Å²) < 4.78 is 0. The van der Waals surface area contributed by atoms with Crippen LogP contribution in [0.3, 0.4) is 0 Å². The summed E-state index contributed by atoms with van der Waals surface area (Å²) in [6.07, 6.45) is 2.68. The largest absolute Gasteiger partial charge is 0.356 e. The minimum absolute atomic E-state index is 0.177. The summed E-state index contributed by atoms with van der Waals surface area (Å²) in [5, 5.41) is 3.63. The van der Waals surface area contributed by atoms with Crippen molar-refractivity contribution in [2.24, 2.45) is 16.3 Å². The molecule has 2 fully saturated rings. The van der Waals surface area contributed by atoms with Gasteiger partial charge in [0.1, 0.15) is 0 Å². The second kappa shape index (κ2) is 6.15. The van der Waals surface area contributed by atoms with E-state index in [-0.39, 0.29) is 5.54 Å². The Kier molecular flexibility index (Phi) is 4.86. The summed E-state index contributed by atoms with van der Waals surface area (Å²) in [6.45, 7) is 17.4. The van der Waals surface area contributed by atoms with Gasteiger partial charge >= 0.3 is 0 Å². The Balaban J connectivity index is 1.87. The Hall–Kier alpha value is -0.770. The quantitative estimate of drug-likeness (QED) is 0.640. The fourth-order valence-electron chi connectivity index (χ4n) is 3.54. The van der Waals surface area contributed by atoms with Gasteiger partial charge in [-0.3, -0.25) is 4.99 Å². The third-order valence-electron chi connectivity index (χ3n) is 5.95. The average molecular weight is 294 g/mol. The van der Waals surface area contributed by atoms with Gasteiger partial charge in [-0.2, -0.15) is 0 Å². The van der Waals surface area contributed by atoms with Crippen LogP contribution in [0.1, 0.15) is 47.5 Å². The van der Waals surface area contributed by atoms with E-state index in [1.165, 1.54) is 32.5 Å². The average Bonchev–Trinajstić information content (AvgIpc) is 2.47. The highest BCUT2D eigenvalue weighted by Crippen LogP contribution is 2.46. The molecular weight excluding hydrogens is 260 g/mol. The van der Waals surface area contributed by atoms with E-state index in [1.807, 2.05) is 7.05 Å². The van der Waals surface area contributed by atoms with Crippen molar-refractivity contribution < 1.29 is 0 Å². The number of hydrogen-bond donors (Lipinski definition) is 1. The van der Waals surface area contributed by atoms with Crippen LogP contribution in [0, 0.1) is 11.3 Å². The molecule has 0 aromatic rings. The predicted octanol–water partition coefficient (Wildman–Crippen LogP) is 2.41. The number of likely N-dealkylation sites (tertiary alicyclic amines) is 2. The second-order valence-electron chi connectivity index (χ2n) is 7.86. The lowest BCUT2D eigenvalue weighted by Crippen LogP contribution is -2.72. The van der Waals surface area contributed by atoms with Gasteiger partial charge in [-0.1, -0.05) is 20.8 Å². The number of nitrogens with zero attached hydrogens (tertiary/aromatic N) is 3. The molecule has 1 N–H and O–H groups in total. The number of piperidine rings is 1. The third-order valence-corrected chi connectivity index (χ3v) is 5.95. The maximum atomic E-state index is 4.51. The maximum absolute atomic E-state index is 4.51. The molecule has 2 aliphatic rings. The van der Waals surface area contributed by atoms with Crippen LogP contribution in [0.25, 0.3) is 0 Å². The van der Waals surface area contributed by atoms with E-state index < -0.39 is 0 Å². The van der Waals surface area contributed by atoms with Crippen molar-refractivity contribution in [3.8, 4) is 0 Å². The van der Waals surface area contributed by atoms with Crippen LogP contribution in [-0.4, -0.2) is 61.1 Å². The van der Waals surface area contributed by atoms with E-state index in [2.05, 4.69) is 54.7 Å². The lowest BCUT2D eigenvalue weighted by molar-refractivity contribution is -0.0669. The van der Waals surface area contributed by atoms with Gasteiger partial charge in [0.25, 0.3) is 0 Å². The lowest BCUT2D eigenvalue weighted by atomic mass is 9.65. The molecule has 0 aromatic carbocycles. The highest BCUT2D eigenvalue weighted by molar-refractivity contribution is 5.82. The molecule has 2 saturated heterocycles. The first-order valence-electron chi connectivity index (χ1n) is 8.52. The molecule has 0 saturated carbocycles. The number of nitrogens with one attached hydrogen (secondary N) is 1. The van der Waals surface area contributed by atoms with Crippen LogP contribution in [0.15, 0.2) is 4.99 Å². The Morgan fingerprint density at radius 1 is 1.29 bits per heavy atom. The molecular formula is C17H34N4. The lowest BCUT2D eigenvalue weighted by Gasteiger charge is -2.62. The zero-order valence-electron chi connectivity index (χ0n) is 14.9. The van der Waals surface area contributed by atoms with Gasteiger partial charge in [-0.25, -0.2) is 0 Å². The van der Waals surface area contributed by atoms with Gasteiger partial charge < -0.3 is 15.1 Å². The van der Waals surface area contributed by atoms with Gasteiger partial charge in [-0.05, 0) is 45.7 Å². The van der Waals surface area contributed by atoms with E-state index in [9.17, 15) is 0 Å². The standard InChI is InChI=1S/C17H34N4/c1-7-20-10-8-9-14(12-20)11-19-15(18-6)21-13-16(2,3)17(21,4)5/h14H,7-13H2,1-6H3,(H,18,19). The molecule has 0 bridgehead atoms. The van der Waals surface area contributed by atoms with Crippen LogP contribution in [-0.2, 0) is 0 Å². The zero-order chi connectivity index (χ0) is 15.7. The van der Waals surface area contributed by atoms with Gasteiger partial charge in [0.05, 0.1) is 0 Å². The molecule has 2 rings (SSSR count). The first kappa shape index (κ1) is 16.6. The number of guanidine groups is 1. The number of rotatable bonds is 3. The molecule has 4 nitrogen and oxygen atoms in total. The van der Waals surface area contributed by atoms with Gasteiger partial charge in [0, 0.05) is 37.6 Å². The topological polar surface area (TPSA) is 30.9 Å². The smallest absolute Gasteiger partial charge is 0.194 e. The van der Waals surface area contributed by atoms with E-state index in [0.717, 1.165) is 25.0 Å². The molecule has 2 heterocycles. The highest BCUT2D eigenvalue weighted by atomic mass is 15.4. The summed E-state index contributed by atoms with van der Waals surface area (Å²) in [4.78, 5) is 9.50. The molecule has 0 radical (unpaired) electrons.